The van der Waals surface area contributed by atoms with Crippen LogP contribution in [0.3, 0.4) is 0 Å². The lowest BCUT2D eigenvalue weighted by Gasteiger charge is -2.13. The van der Waals surface area contributed by atoms with Gasteiger partial charge in [0.25, 0.3) is 0 Å². The first-order valence-electron chi connectivity index (χ1n) is 10.2. The summed E-state index contributed by atoms with van der Waals surface area (Å²) in [4.78, 5) is 9.60. The highest BCUT2D eigenvalue weighted by Gasteiger charge is 2.12. The molecule has 0 saturated carbocycles. The van der Waals surface area contributed by atoms with Crippen molar-refractivity contribution in [2.75, 3.05) is 31.4 Å². The van der Waals surface area contributed by atoms with E-state index in [1.165, 1.54) is 0 Å². The minimum atomic E-state index is 0.463. The van der Waals surface area contributed by atoms with Crippen LogP contribution >= 0.6 is 0 Å². The van der Waals surface area contributed by atoms with Crippen molar-refractivity contribution in [1.29, 1.82) is 0 Å². The molecule has 3 aromatic carbocycles. The van der Waals surface area contributed by atoms with Crippen molar-refractivity contribution in [3.05, 3.63) is 66.9 Å². The van der Waals surface area contributed by atoms with Crippen LogP contribution in [0.1, 0.15) is 0 Å². The summed E-state index contributed by atoms with van der Waals surface area (Å²) in [6, 6.07) is 19.3. The van der Waals surface area contributed by atoms with Crippen molar-refractivity contribution in [1.82, 2.24) is 20.2 Å². The van der Waals surface area contributed by atoms with Gasteiger partial charge in [0.15, 0.2) is 5.82 Å². The molecule has 160 valence electrons. The minimum absolute atomic E-state index is 0.463. The van der Waals surface area contributed by atoms with E-state index in [2.05, 4.69) is 15.5 Å². The Morgan fingerprint density at radius 3 is 2.81 bits per heavy atom. The Kier molecular flexibility index (Phi) is 5.27. The van der Waals surface area contributed by atoms with Crippen LogP contribution < -0.4 is 15.8 Å². The van der Waals surface area contributed by atoms with Gasteiger partial charge in [0, 0.05) is 40.9 Å². The molecular weight excluding hydrogens is 404 g/mol. The number of hydrogen-bond donors (Lipinski definition) is 3. The Morgan fingerprint density at radius 1 is 1.00 bits per heavy atom. The number of fused-ring (bicyclic) bond motifs is 2. The Balaban J connectivity index is 1.59. The topological polar surface area (TPSA) is 111 Å². The van der Waals surface area contributed by atoms with E-state index < -0.39 is 0 Å². The lowest BCUT2D eigenvalue weighted by atomic mass is 10.1. The predicted molar refractivity (Wildman–Crippen MR) is 126 cm³/mol. The fraction of sp³-hybridized carbons (Fsp3) is 0.125. The number of rotatable bonds is 7. The fourth-order valence-electron chi connectivity index (χ4n) is 3.50. The van der Waals surface area contributed by atoms with Gasteiger partial charge >= 0.3 is 0 Å². The first-order valence-corrected chi connectivity index (χ1v) is 10.2. The molecule has 4 N–H and O–H groups in total. The predicted octanol–water partition coefficient (Wildman–Crippen LogP) is 4.52. The average Bonchev–Trinajstić information content (AvgIpc) is 3.27. The standard InChI is InChI=1S/C24H22N6O2/c1-31-9-10-32-19-6-7-20-22(13-19)28-23(15-3-2-4-17(25)11-15)29-24(20)27-18-5-8-21-16(12-18)14-26-30-21/h2-8,11-14H,9-10,25H2,1H3,(H,26,30)(H,27,28,29). The normalized spacial score (nSPS) is 11.2. The zero-order valence-corrected chi connectivity index (χ0v) is 17.5. The van der Waals surface area contributed by atoms with Crippen LogP contribution in [0.25, 0.3) is 33.2 Å². The number of nitrogens with one attached hydrogen (secondary N) is 2. The molecule has 0 radical (unpaired) electrons. The second-order valence-electron chi connectivity index (χ2n) is 7.34. The summed E-state index contributed by atoms with van der Waals surface area (Å²) >= 11 is 0. The highest BCUT2D eigenvalue weighted by atomic mass is 16.5. The quantitative estimate of drug-likeness (QED) is 0.259. The Hall–Kier alpha value is -4.17. The van der Waals surface area contributed by atoms with E-state index in [0.717, 1.165) is 38.8 Å². The van der Waals surface area contributed by atoms with E-state index >= 15 is 0 Å². The molecular formula is C24H22N6O2. The monoisotopic (exact) mass is 426 g/mol. The molecule has 8 nitrogen and oxygen atoms in total. The van der Waals surface area contributed by atoms with Crippen LogP contribution in [-0.2, 0) is 4.74 Å². The number of aromatic nitrogens is 4. The molecule has 5 aromatic rings. The molecule has 0 aliphatic rings. The van der Waals surface area contributed by atoms with Crippen LogP contribution in [0.5, 0.6) is 5.75 Å². The molecule has 0 aliphatic carbocycles. The van der Waals surface area contributed by atoms with Gasteiger partial charge in [-0.25, -0.2) is 9.97 Å². The van der Waals surface area contributed by atoms with Crippen LogP contribution in [0.2, 0.25) is 0 Å². The smallest absolute Gasteiger partial charge is 0.162 e. The van der Waals surface area contributed by atoms with Crippen LogP contribution in [0.15, 0.2) is 66.9 Å². The summed E-state index contributed by atoms with van der Waals surface area (Å²) in [6.07, 6.45) is 1.79. The number of ether oxygens (including phenoxy) is 2. The van der Waals surface area contributed by atoms with Crippen molar-refractivity contribution in [3.8, 4) is 17.1 Å². The van der Waals surface area contributed by atoms with Crippen molar-refractivity contribution in [2.45, 2.75) is 0 Å². The number of nitrogens with two attached hydrogens (primary N) is 1. The van der Waals surface area contributed by atoms with Crippen LogP contribution in [0.4, 0.5) is 17.2 Å². The van der Waals surface area contributed by atoms with Crippen LogP contribution in [-0.4, -0.2) is 40.5 Å². The van der Waals surface area contributed by atoms with Gasteiger partial charge in [-0.15, -0.1) is 0 Å². The number of methoxy groups -OCH3 is 1. The molecule has 0 atom stereocenters. The summed E-state index contributed by atoms with van der Waals surface area (Å²) in [6.45, 7) is 0.977. The van der Waals surface area contributed by atoms with Gasteiger partial charge in [0.2, 0.25) is 0 Å². The number of anilines is 3. The maximum absolute atomic E-state index is 5.99. The SMILES string of the molecule is COCCOc1ccc2c(Nc3ccc4[nH]ncc4c3)nc(-c3cccc(N)c3)nc2c1. The fourth-order valence-corrected chi connectivity index (χ4v) is 3.50. The van der Waals surface area contributed by atoms with E-state index in [9.17, 15) is 0 Å². The molecule has 2 aromatic heterocycles. The van der Waals surface area contributed by atoms with Gasteiger partial charge in [0.1, 0.15) is 18.2 Å². The van der Waals surface area contributed by atoms with E-state index in [1.54, 1.807) is 13.3 Å². The highest BCUT2D eigenvalue weighted by Crippen LogP contribution is 2.31. The molecule has 2 heterocycles. The molecule has 0 aliphatic heterocycles. The molecule has 0 amide bonds. The summed E-state index contributed by atoms with van der Waals surface area (Å²) in [5.74, 6) is 1.99. The van der Waals surface area contributed by atoms with E-state index in [0.29, 0.717) is 30.5 Å². The molecule has 0 saturated heterocycles. The number of nitrogens with zero attached hydrogens (tertiary/aromatic N) is 3. The van der Waals surface area contributed by atoms with Crippen molar-refractivity contribution >= 4 is 39.0 Å². The maximum atomic E-state index is 5.99. The first-order chi connectivity index (χ1) is 15.7. The van der Waals surface area contributed by atoms with Gasteiger partial charge in [-0.1, -0.05) is 12.1 Å². The van der Waals surface area contributed by atoms with E-state index in [4.69, 9.17) is 25.2 Å². The zero-order chi connectivity index (χ0) is 21.9. The van der Waals surface area contributed by atoms with Crippen molar-refractivity contribution in [3.63, 3.8) is 0 Å². The van der Waals surface area contributed by atoms with E-state index in [-0.39, 0.29) is 0 Å². The molecule has 0 unspecified atom stereocenters. The van der Waals surface area contributed by atoms with Crippen LogP contribution in [0, 0.1) is 0 Å². The summed E-state index contributed by atoms with van der Waals surface area (Å²) in [5, 5.41) is 12.4. The third-order valence-electron chi connectivity index (χ3n) is 5.07. The molecule has 8 heteroatoms. The Morgan fingerprint density at radius 2 is 1.94 bits per heavy atom. The number of H-pyrrole nitrogens is 1. The number of hydrogen-bond acceptors (Lipinski definition) is 7. The van der Waals surface area contributed by atoms with E-state index in [1.807, 2.05) is 60.7 Å². The van der Waals surface area contributed by atoms with Gasteiger partial charge in [-0.2, -0.15) is 5.10 Å². The molecule has 32 heavy (non-hydrogen) atoms. The van der Waals surface area contributed by atoms with Gasteiger partial charge in [0.05, 0.1) is 23.8 Å². The maximum Gasteiger partial charge on any atom is 0.162 e. The van der Waals surface area contributed by atoms with Gasteiger partial charge in [-0.3, -0.25) is 5.10 Å². The summed E-state index contributed by atoms with van der Waals surface area (Å²) in [5.41, 5.74) is 10.1. The van der Waals surface area contributed by atoms with Crippen molar-refractivity contribution in [2.24, 2.45) is 0 Å². The molecule has 0 bridgehead atoms. The highest BCUT2D eigenvalue weighted by molar-refractivity contribution is 5.94. The number of benzene rings is 3. The third-order valence-corrected chi connectivity index (χ3v) is 5.07. The lowest BCUT2D eigenvalue weighted by molar-refractivity contribution is 0.146. The summed E-state index contributed by atoms with van der Waals surface area (Å²) < 4.78 is 10.9. The lowest BCUT2D eigenvalue weighted by Crippen LogP contribution is -2.04. The Bertz CT molecular complexity index is 1400. The first kappa shape index (κ1) is 19.8. The van der Waals surface area contributed by atoms with Gasteiger partial charge in [-0.05, 0) is 42.5 Å². The van der Waals surface area contributed by atoms with Crippen molar-refractivity contribution < 1.29 is 9.47 Å². The second kappa shape index (κ2) is 8.52. The van der Waals surface area contributed by atoms with Gasteiger partial charge < -0.3 is 20.5 Å². The average molecular weight is 426 g/mol. The molecule has 0 spiro atoms. The summed E-state index contributed by atoms with van der Waals surface area (Å²) in [7, 11) is 1.65. The second-order valence-corrected chi connectivity index (χ2v) is 7.34. The third kappa shape index (κ3) is 4.03. The minimum Gasteiger partial charge on any atom is -0.491 e. The molecule has 5 rings (SSSR count). The molecule has 0 fully saturated rings. The zero-order valence-electron chi connectivity index (χ0n) is 17.5. The number of nitrogen functional groups attached to an aromatic ring is 1. The number of aromatic amines is 1. The largest absolute Gasteiger partial charge is 0.491 e. The Labute approximate surface area is 184 Å².